The molecule has 2 bridgehead atoms. The predicted molar refractivity (Wildman–Crippen MR) is 110 cm³/mol. The summed E-state index contributed by atoms with van der Waals surface area (Å²) in [4.78, 5) is 16.9. The zero-order valence-corrected chi connectivity index (χ0v) is 17.7. The SMILES string of the molecule is CCc1ccc(Oc2ncc(C(F)(F)F)cc2Cl)cc1C1=C(O)C2C3CCC(O3)C2C1=O. The van der Waals surface area contributed by atoms with Crippen molar-refractivity contribution in [2.75, 3.05) is 0 Å². The van der Waals surface area contributed by atoms with Crippen LogP contribution >= 0.6 is 11.6 Å². The van der Waals surface area contributed by atoms with Gasteiger partial charge >= 0.3 is 6.18 Å². The average molecular weight is 466 g/mol. The number of ether oxygens (including phenoxy) is 2. The first-order chi connectivity index (χ1) is 15.2. The number of pyridine rings is 1. The summed E-state index contributed by atoms with van der Waals surface area (Å²) in [5.41, 5.74) is 0.678. The third kappa shape index (κ3) is 3.28. The number of hydrogen-bond donors (Lipinski definition) is 1. The molecule has 4 unspecified atom stereocenters. The fraction of sp³-hybridized carbons (Fsp3) is 0.391. The molecule has 1 N–H and O–H groups in total. The minimum Gasteiger partial charge on any atom is -0.511 e. The van der Waals surface area contributed by atoms with Gasteiger partial charge < -0.3 is 14.6 Å². The molecule has 1 aliphatic carbocycles. The molecule has 168 valence electrons. The number of aromatic nitrogens is 1. The number of Topliss-reactive ketones (excluding diaryl/α,β-unsaturated/α-hetero) is 1. The maximum Gasteiger partial charge on any atom is 0.417 e. The number of carbonyl (C=O) groups is 1. The van der Waals surface area contributed by atoms with E-state index < -0.39 is 11.7 Å². The van der Waals surface area contributed by atoms with Gasteiger partial charge in [0.15, 0.2) is 5.78 Å². The first-order valence-corrected chi connectivity index (χ1v) is 10.7. The summed E-state index contributed by atoms with van der Waals surface area (Å²) >= 11 is 5.96. The number of hydrogen-bond acceptors (Lipinski definition) is 5. The highest BCUT2D eigenvalue weighted by atomic mass is 35.5. The second-order valence-electron chi connectivity index (χ2n) is 8.25. The smallest absolute Gasteiger partial charge is 0.417 e. The summed E-state index contributed by atoms with van der Waals surface area (Å²) in [6.07, 6.45) is -2.01. The standard InChI is InChI=1S/C23H19ClF3NO4/c1-2-10-3-4-12(31-22-14(24)7-11(9-28-22)23(25,26)27)8-13(10)17-20(29)18-15-5-6-16(32-15)19(18)21(17)30/h3-4,7-9,15-16,18-19,29H,2,5-6H2,1H3. The number of aliphatic hydroxyl groups is 1. The molecule has 3 aliphatic rings. The minimum absolute atomic E-state index is 0.0461. The Morgan fingerprint density at radius 3 is 2.56 bits per heavy atom. The van der Waals surface area contributed by atoms with Gasteiger partial charge in [0.1, 0.15) is 16.5 Å². The van der Waals surface area contributed by atoms with Crippen LogP contribution in [0.25, 0.3) is 5.57 Å². The molecular weight excluding hydrogens is 447 g/mol. The van der Waals surface area contributed by atoms with Crippen LogP contribution in [0.3, 0.4) is 0 Å². The van der Waals surface area contributed by atoms with E-state index in [0.717, 1.165) is 24.5 Å². The highest BCUT2D eigenvalue weighted by Gasteiger charge is 2.59. The van der Waals surface area contributed by atoms with E-state index in [1.807, 2.05) is 6.92 Å². The van der Waals surface area contributed by atoms with Crippen LogP contribution in [0.15, 0.2) is 36.2 Å². The first kappa shape index (κ1) is 21.3. The van der Waals surface area contributed by atoms with Crippen molar-refractivity contribution in [2.24, 2.45) is 11.8 Å². The van der Waals surface area contributed by atoms with E-state index in [4.69, 9.17) is 21.1 Å². The molecular formula is C23H19ClF3NO4. The Balaban J connectivity index is 1.50. The molecule has 32 heavy (non-hydrogen) atoms. The van der Waals surface area contributed by atoms with Gasteiger partial charge in [0.2, 0.25) is 5.88 Å². The Labute approximate surface area is 186 Å². The van der Waals surface area contributed by atoms with E-state index in [2.05, 4.69) is 4.98 Å². The Hall–Kier alpha value is -2.58. The average Bonchev–Trinajstić information content (AvgIpc) is 3.42. The molecule has 4 atom stereocenters. The number of carbonyl (C=O) groups excluding carboxylic acids is 1. The number of aliphatic hydroxyl groups excluding tert-OH is 1. The number of ketones is 1. The van der Waals surface area contributed by atoms with Crippen LogP contribution in [-0.4, -0.2) is 28.1 Å². The van der Waals surface area contributed by atoms with Crippen LogP contribution in [0.4, 0.5) is 13.2 Å². The molecule has 1 aromatic carbocycles. The van der Waals surface area contributed by atoms with Crippen molar-refractivity contribution >= 4 is 23.0 Å². The second-order valence-corrected chi connectivity index (χ2v) is 8.66. The van der Waals surface area contributed by atoms with Crippen LogP contribution in [-0.2, 0) is 22.1 Å². The third-order valence-electron chi connectivity index (χ3n) is 6.48. The number of benzene rings is 1. The summed E-state index contributed by atoms with van der Waals surface area (Å²) < 4.78 is 50.0. The Bertz CT molecular complexity index is 1150. The van der Waals surface area contributed by atoms with Crippen molar-refractivity contribution in [1.82, 2.24) is 4.98 Å². The number of nitrogens with zero attached hydrogens (tertiary/aromatic N) is 1. The van der Waals surface area contributed by atoms with Gasteiger partial charge in [-0.2, -0.15) is 13.2 Å². The summed E-state index contributed by atoms with van der Waals surface area (Å²) in [5, 5.41) is 10.7. The summed E-state index contributed by atoms with van der Waals surface area (Å²) in [7, 11) is 0. The Kier molecular flexibility index (Phi) is 4.98. The van der Waals surface area contributed by atoms with Gasteiger partial charge in [0.25, 0.3) is 0 Å². The molecule has 2 saturated heterocycles. The van der Waals surface area contributed by atoms with Crippen LogP contribution in [0.1, 0.15) is 36.5 Å². The number of allylic oxidation sites excluding steroid dienone is 1. The van der Waals surface area contributed by atoms with E-state index in [-0.39, 0.29) is 57.8 Å². The number of rotatable bonds is 4. The summed E-state index contributed by atoms with van der Waals surface area (Å²) in [5.74, 6) is -0.729. The van der Waals surface area contributed by atoms with Crippen LogP contribution in [0.5, 0.6) is 11.6 Å². The molecule has 2 aromatic rings. The molecule has 5 nitrogen and oxygen atoms in total. The molecule has 9 heteroatoms. The highest BCUT2D eigenvalue weighted by molar-refractivity contribution is 6.31. The Morgan fingerprint density at radius 1 is 1.22 bits per heavy atom. The number of alkyl halides is 3. The summed E-state index contributed by atoms with van der Waals surface area (Å²) in [6, 6.07) is 5.73. The maximum absolute atomic E-state index is 13.2. The van der Waals surface area contributed by atoms with Gasteiger partial charge in [-0.15, -0.1) is 0 Å². The molecule has 1 aromatic heterocycles. The monoisotopic (exact) mass is 465 g/mol. The minimum atomic E-state index is -4.57. The molecule has 0 saturated carbocycles. The largest absolute Gasteiger partial charge is 0.511 e. The van der Waals surface area contributed by atoms with Crippen molar-refractivity contribution in [3.8, 4) is 11.6 Å². The lowest BCUT2D eigenvalue weighted by Gasteiger charge is -2.19. The fourth-order valence-electron chi connectivity index (χ4n) is 5.02. The Morgan fingerprint density at radius 2 is 1.94 bits per heavy atom. The zero-order chi connectivity index (χ0) is 22.8. The van der Waals surface area contributed by atoms with Gasteiger partial charge in [-0.05, 0) is 48.6 Å². The molecule has 2 fully saturated rings. The lowest BCUT2D eigenvalue weighted by molar-refractivity contribution is -0.137. The lowest BCUT2D eigenvalue weighted by atomic mass is 9.80. The molecule has 0 spiro atoms. The van der Waals surface area contributed by atoms with E-state index in [1.54, 1.807) is 18.2 Å². The molecule has 3 heterocycles. The highest BCUT2D eigenvalue weighted by Crippen LogP contribution is 2.54. The summed E-state index contributed by atoms with van der Waals surface area (Å²) in [6.45, 7) is 1.93. The van der Waals surface area contributed by atoms with Gasteiger partial charge in [-0.25, -0.2) is 4.98 Å². The van der Waals surface area contributed by atoms with Gasteiger partial charge in [0, 0.05) is 6.20 Å². The second kappa shape index (κ2) is 7.49. The quantitative estimate of drug-likeness (QED) is 0.622. The van der Waals surface area contributed by atoms with Gasteiger partial charge in [0.05, 0.1) is 35.2 Å². The van der Waals surface area contributed by atoms with E-state index in [0.29, 0.717) is 18.2 Å². The number of halogens is 4. The lowest BCUT2D eigenvalue weighted by Crippen LogP contribution is -2.29. The van der Waals surface area contributed by atoms with Gasteiger partial charge in [-0.3, -0.25) is 4.79 Å². The van der Waals surface area contributed by atoms with E-state index >= 15 is 0 Å². The zero-order valence-electron chi connectivity index (χ0n) is 16.9. The molecule has 5 rings (SSSR count). The third-order valence-corrected chi connectivity index (χ3v) is 6.75. The topological polar surface area (TPSA) is 68.7 Å². The van der Waals surface area contributed by atoms with Crippen molar-refractivity contribution in [2.45, 2.75) is 44.6 Å². The van der Waals surface area contributed by atoms with Crippen LogP contribution in [0, 0.1) is 11.8 Å². The molecule has 0 amide bonds. The number of fused-ring (bicyclic) bond motifs is 5. The molecule has 2 aliphatic heterocycles. The number of aryl methyl sites for hydroxylation is 1. The van der Waals surface area contributed by atoms with Crippen molar-refractivity contribution < 1.29 is 32.5 Å². The normalized spacial score (nSPS) is 26.7. The fourth-order valence-corrected chi connectivity index (χ4v) is 5.22. The van der Waals surface area contributed by atoms with Crippen molar-refractivity contribution in [3.63, 3.8) is 0 Å². The van der Waals surface area contributed by atoms with E-state index in [9.17, 15) is 23.1 Å². The van der Waals surface area contributed by atoms with Gasteiger partial charge in [-0.1, -0.05) is 24.6 Å². The predicted octanol–water partition coefficient (Wildman–Crippen LogP) is 5.75. The molecule has 0 radical (unpaired) electrons. The van der Waals surface area contributed by atoms with Crippen molar-refractivity contribution in [3.05, 3.63) is 57.9 Å². The van der Waals surface area contributed by atoms with Crippen LogP contribution in [0.2, 0.25) is 5.02 Å². The van der Waals surface area contributed by atoms with Crippen LogP contribution < -0.4 is 4.74 Å². The maximum atomic E-state index is 13.2. The van der Waals surface area contributed by atoms with E-state index in [1.165, 1.54) is 0 Å². The first-order valence-electron chi connectivity index (χ1n) is 10.4. The van der Waals surface area contributed by atoms with Crippen molar-refractivity contribution in [1.29, 1.82) is 0 Å².